The van der Waals surface area contributed by atoms with Crippen LogP contribution in [0.5, 0.6) is 5.75 Å². The number of carboxylic acids is 1. The lowest BCUT2D eigenvalue weighted by Crippen LogP contribution is -2.47. The molecule has 42 heavy (non-hydrogen) atoms. The summed E-state index contributed by atoms with van der Waals surface area (Å²) >= 11 is 8.22. The summed E-state index contributed by atoms with van der Waals surface area (Å²) in [6.45, 7) is 7.57. The van der Waals surface area contributed by atoms with Gasteiger partial charge in [0.1, 0.15) is 12.4 Å². The first kappa shape index (κ1) is 29.4. The number of hydrogen-bond donors (Lipinski definition) is 1. The molecule has 2 aromatic carbocycles. The summed E-state index contributed by atoms with van der Waals surface area (Å²) in [5.74, 6) is -0.692. The second-order valence-electron chi connectivity index (χ2n) is 11.4. The van der Waals surface area contributed by atoms with Crippen molar-refractivity contribution in [2.45, 2.75) is 57.9 Å². The highest BCUT2D eigenvalue weighted by Crippen LogP contribution is 2.39. The molecule has 3 aromatic rings. The molecule has 0 spiro atoms. The normalized spacial score (nSPS) is 21.7. The summed E-state index contributed by atoms with van der Waals surface area (Å²) in [6.07, 6.45) is 3.44. The van der Waals surface area contributed by atoms with E-state index in [1.165, 1.54) is 33.6 Å². The summed E-state index contributed by atoms with van der Waals surface area (Å²) in [4.78, 5) is 21.3. The van der Waals surface area contributed by atoms with Gasteiger partial charge >= 0.3 is 5.97 Å². The van der Waals surface area contributed by atoms with Crippen LogP contribution in [0.3, 0.4) is 0 Å². The standard InChI is InChI=1S/C32H38ClN3O5S/c1-20-22(7-6-21-16-35(12-8-24(20)21)23-10-14-40-15-11-23)18-41-30-25(4-3-5-27(30)33)28-19-42-32(34-28)36-13-9-26(31(37)38)29(17-36)39-2/h3-7,19,23,26,29H,8-18H2,1-2H3,(H,37,38)/t26-,29+/m1/s1. The molecule has 3 aliphatic rings. The number of fused-ring (bicyclic) bond motifs is 1. The largest absolute Gasteiger partial charge is 0.487 e. The monoisotopic (exact) mass is 611 g/mol. The van der Waals surface area contributed by atoms with Crippen molar-refractivity contribution in [1.82, 2.24) is 9.88 Å². The number of benzene rings is 2. The zero-order valence-electron chi connectivity index (χ0n) is 24.2. The zero-order valence-corrected chi connectivity index (χ0v) is 25.8. The van der Waals surface area contributed by atoms with Crippen LogP contribution in [0.25, 0.3) is 11.3 Å². The minimum Gasteiger partial charge on any atom is -0.487 e. The first-order valence-corrected chi connectivity index (χ1v) is 16.0. The summed E-state index contributed by atoms with van der Waals surface area (Å²) in [7, 11) is 1.57. The first-order valence-electron chi connectivity index (χ1n) is 14.7. The number of thiazole rings is 1. The van der Waals surface area contributed by atoms with Crippen LogP contribution in [-0.2, 0) is 33.8 Å². The summed E-state index contributed by atoms with van der Waals surface area (Å²) in [6, 6.07) is 10.8. The van der Waals surface area contributed by atoms with Gasteiger partial charge in [0.25, 0.3) is 0 Å². The lowest BCUT2D eigenvalue weighted by molar-refractivity contribution is -0.147. The summed E-state index contributed by atoms with van der Waals surface area (Å²) in [5, 5.41) is 12.9. The van der Waals surface area contributed by atoms with Crippen molar-refractivity contribution in [2.75, 3.05) is 44.9 Å². The number of nitrogens with zero attached hydrogens (tertiary/aromatic N) is 3. The quantitative estimate of drug-likeness (QED) is 0.341. The molecule has 2 fully saturated rings. The Hall–Kier alpha value is -2.69. The van der Waals surface area contributed by atoms with Gasteiger partial charge in [-0.3, -0.25) is 9.69 Å². The molecule has 0 aliphatic carbocycles. The highest BCUT2D eigenvalue weighted by Gasteiger charge is 2.35. The molecular weight excluding hydrogens is 574 g/mol. The zero-order chi connectivity index (χ0) is 29.2. The molecule has 10 heteroatoms. The van der Waals surface area contributed by atoms with Crippen molar-refractivity contribution < 1.29 is 24.1 Å². The van der Waals surface area contributed by atoms with E-state index < -0.39 is 11.9 Å². The van der Waals surface area contributed by atoms with E-state index in [0.717, 1.165) is 62.0 Å². The molecule has 0 saturated carbocycles. The smallest absolute Gasteiger partial charge is 0.309 e. The van der Waals surface area contributed by atoms with Gasteiger partial charge in [-0.1, -0.05) is 29.8 Å². The molecule has 8 nitrogen and oxygen atoms in total. The van der Waals surface area contributed by atoms with E-state index in [2.05, 4.69) is 28.9 Å². The van der Waals surface area contributed by atoms with Gasteiger partial charge in [-0.05, 0) is 67.0 Å². The molecule has 1 N–H and O–H groups in total. The lowest BCUT2D eigenvalue weighted by Gasteiger charge is -2.38. The minimum absolute atomic E-state index is 0.376. The number of carbonyl (C=O) groups is 1. The van der Waals surface area contributed by atoms with E-state index in [4.69, 9.17) is 30.8 Å². The predicted octanol–water partition coefficient (Wildman–Crippen LogP) is 5.81. The van der Waals surface area contributed by atoms with Crippen molar-refractivity contribution in [3.63, 3.8) is 0 Å². The van der Waals surface area contributed by atoms with E-state index in [1.54, 1.807) is 7.11 Å². The Bertz CT molecular complexity index is 1430. The Labute approximate surface area is 256 Å². The van der Waals surface area contributed by atoms with Gasteiger partial charge in [0, 0.05) is 63.5 Å². The van der Waals surface area contributed by atoms with Crippen LogP contribution < -0.4 is 9.64 Å². The molecule has 0 unspecified atom stereocenters. The molecule has 0 radical (unpaired) electrons. The summed E-state index contributed by atoms with van der Waals surface area (Å²) in [5.41, 5.74) is 6.98. The SMILES string of the molecule is CO[C@H]1CN(c2nc(-c3cccc(Cl)c3OCc3ccc4c(c3C)CCN(C3CCOCC3)C4)cs2)CC[C@H]1C(=O)O. The Balaban J connectivity index is 1.16. The highest BCUT2D eigenvalue weighted by atomic mass is 35.5. The van der Waals surface area contributed by atoms with E-state index >= 15 is 0 Å². The topological polar surface area (TPSA) is 84.4 Å². The van der Waals surface area contributed by atoms with Gasteiger partial charge in [-0.25, -0.2) is 4.98 Å². The number of ether oxygens (including phenoxy) is 3. The molecule has 3 aliphatic heterocycles. The molecular formula is C32H38ClN3O5S. The van der Waals surface area contributed by atoms with Crippen LogP contribution in [0.4, 0.5) is 5.13 Å². The molecule has 224 valence electrons. The fourth-order valence-electron chi connectivity index (χ4n) is 6.58. The highest BCUT2D eigenvalue weighted by molar-refractivity contribution is 7.14. The first-order chi connectivity index (χ1) is 20.4. The number of para-hydroxylation sites is 1. The van der Waals surface area contributed by atoms with E-state index in [-0.39, 0.29) is 6.10 Å². The lowest BCUT2D eigenvalue weighted by atomic mass is 9.90. The Morgan fingerprint density at radius 1 is 1.19 bits per heavy atom. The van der Waals surface area contributed by atoms with Gasteiger partial charge in [0.05, 0.1) is 22.7 Å². The van der Waals surface area contributed by atoms with E-state index in [1.807, 2.05) is 23.6 Å². The average molecular weight is 612 g/mol. The number of aromatic nitrogens is 1. The fourth-order valence-corrected chi connectivity index (χ4v) is 7.67. The van der Waals surface area contributed by atoms with Crippen molar-refractivity contribution >= 4 is 34.0 Å². The third-order valence-electron chi connectivity index (χ3n) is 9.09. The maximum absolute atomic E-state index is 11.6. The number of methoxy groups -OCH3 is 1. The van der Waals surface area contributed by atoms with Crippen molar-refractivity contribution in [2.24, 2.45) is 5.92 Å². The molecule has 1 aromatic heterocycles. The van der Waals surface area contributed by atoms with Crippen LogP contribution >= 0.6 is 22.9 Å². The van der Waals surface area contributed by atoms with Crippen LogP contribution in [0.15, 0.2) is 35.7 Å². The molecule has 0 amide bonds. The number of aliphatic carboxylic acids is 1. The van der Waals surface area contributed by atoms with Gasteiger partial charge in [0.15, 0.2) is 5.13 Å². The maximum Gasteiger partial charge on any atom is 0.309 e. The maximum atomic E-state index is 11.6. The number of piperidine rings is 1. The summed E-state index contributed by atoms with van der Waals surface area (Å²) < 4.78 is 17.5. The van der Waals surface area contributed by atoms with Crippen LogP contribution in [0.2, 0.25) is 5.02 Å². The van der Waals surface area contributed by atoms with Gasteiger partial charge in [0.2, 0.25) is 0 Å². The van der Waals surface area contributed by atoms with E-state index in [9.17, 15) is 9.90 Å². The fraction of sp³-hybridized carbons (Fsp3) is 0.500. The Morgan fingerprint density at radius 2 is 2.02 bits per heavy atom. The minimum atomic E-state index is -0.812. The Morgan fingerprint density at radius 3 is 2.81 bits per heavy atom. The molecule has 6 rings (SSSR count). The molecule has 2 atom stereocenters. The van der Waals surface area contributed by atoms with Crippen molar-refractivity contribution in [1.29, 1.82) is 0 Å². The molecule has 4 heterocycles. The van der Waals surface area contributed by atoms with Gasteiger partial charge in [-0.2, -0.15) is 0 Å². The van der Waals surface area contributed by atoms with E-state index in [0.29, 0.717) is 42.9 Å². The third-order valence-corrected chi connectivity index (χ3v) is 10.3. The number of halogens is 1. The van der Waals surface area contributed by atoms with Crippen molar-refractivity contribution in [3.8, 4) is 17.0 Å². The second kappa shape index (κ2) is 12.9. The van der Waals surface area contributed by atoms with Crippen LogP contribution in [-0.4, -0.2) is 73.1 Å². The number of carboxylic acid groups (broad SMARTS) is 1. The van der Waals surface area contributed by atoms with Gasteiger partial charge in [-0.15, -0.1) is 11.3 Å². The third kappa shape index (κ3) is 6.03. The number of rotatable bonds is 8. The predicted molar refractivity (Wildman–Crippen MR) is 165 cm³/mol. The number of hydrogen-bond acceptors (Lipinski definition) is 8. The second-order valence-corrected chi connectivity index (χ2v) is 12.7. The Kier molecular flexibility index (Phi) is 9.02. The van der Waals surface area contributed by atoms with Gasteiger partial charge < -0.3 is 24.2 Å². The van der Waals surface area contributed by atoms with Crippen LogP contribution in [0.1, 0.15) is 41.5 Å². The molecule has 2 saturated heterocycles. The number of anilines is 1. The van der Waals surface area contributed by atoms with Crippen LogP contribution in [0, 0.1) is 12.8 Å². The van der Waals surface area contributed by atoms with Crippen molar-refractivity contribution in [3.05, 3.63) is 63.0 Å². The molecule has 0 bridgehead atoms. The average Bonchev–Trinajstić information content (AvgIpc) is 3.51.